The minimum atomic E-state index is -0.843. The van der Waals surface area contributed by atoms with E-state index in [1.807, 2.05) is 6.07 Å². The van der Waals surface area contributed by atoms with Crippen LogP contribution in [0.3, 0.4) is 0 Å². The molecule has 2 rings (SSSR count). The van der Waals surface area contributed by atoms with E-state index in [0.717, 1.165) is 4.73 Å². The summed E-state index contributed by atoms with van der Waals surface area (Å²) in [6, 6.07) is 4.57. The van der Waals surface area contributed by atoms with Gasteiger partial charge in [-0.3, -0.25) is 15.0 Å². The zero-order chi connectivity index (χ0) is 12.3. The summed E-state index contributed by atoms with van der Waals surface area (Å²) >= 11 is 0. The van der Waals surface area contributed by atoms with Gasteiger partial charge in [0.15, 0.2) is 0 Å². The topological polar surface area (TPSA) is 89.9 Å². The summed E-state index contributed by atoms with van der Waals surface area (Å²) in [7, 11) is 0. The van der Waals surface area contributed by atoms with Crippen molar-refractivity contribution in [2.24, 2.45) is 0 Å². The molecule has 84 valence electrons. The summed E-state index contributed by atoms with van der Waals surface area (Å²) < 4.78 is 0.843. The molecule has 2 aromatic heterocycles. The highest BCUT2D eigenvalue weighted by molar-refractivity contribution is 5.80. The van der Waals surface area contributed by atoms with Gasteiger partial charge in [-0.1, -0.05) is 0 Å². The van der Waals surface area contributed by atoms with Gasteiger partial charge in [0.05, 0.1) is 22.5 Å². The Labute approximate surface area is 96.7 Å². The molecular formula is C11H9N4O2+. The Morgan fingerprint density at radius 3 is 3.12 bits per heavy atom. The first-order valence-electron chi connectivity index (χ1n) is 4.84. The highest BCUT2D eigenvalue weighted by atomic mass is 16.5. The average molecular weight is 229 g/mol. The Morgan fingerprint density at radius 2 is 2.41 bits per heavy atom. The van der Waals surface area contributed by atoms with Crippen molar-refractivity contribution in [1.82, 2.24) is 10.3 Å². The lowest BCUT2D eigenvalue weighted by molar-refractivity contribution is -0.904. The molecule has 0 saturated heterocycles. The Morgan fingerprint density at radius 1 is 1.59 bits per heavy atom. The third kappa shape index (κ3) is 1.99. The molecule has 0 aliphatic carbocycles. The highest BCUT2D eigenvalue weighted by Gasteiger charge is 2.19. The van der Waals surface area contributed by atoms with E-state index in [0.29, 0.717) is 22.9 Å². The fraction of sp³-hybridized carbons (Fsp3) is 0.0909. The van der Waals surface area contributed by atoms with Crippen LogP contribution >= 0.6 is 0 Å². The molecule has 2 aromatic rings. The third-order valence-corrected chi connectivity index (χ3v) is 2.33. The van der Waals surface area contributed by atoms with Gasteiger partial charge < -0.3 is 5.32 Å². The second-order valence-electron chi connectivity index (χ2n) is 3.38. The molecule has 6 nitrogen and oxygen atoms in total. The van der Waals surface area contributed by atoms with Gasteiger partial charge in [-0.15, -0.1) is 0 Å². The number of aromatic nitrogens is 2. The average Bonchev–Trinajstić information content (AvgIpc) is 2.35. The number of hydrogen-bond donors (Lipinski definition) is 2. The molecule has 0 fully saturated rings. The van der Waals surface area contributed by atoms with Crippen LogP contribution in [-0.2, 0) is 4.79 Å². The van der Waals surface area contributed by atoms with E-state index in [4.69, 9.17) is 5.26 Å². The summed E-state index contributed by atoms with van der Waals surface area (Å²) in [6.45, 7) is 0. The van der Waals surface area contributed by atoms with Crippen LogP contribution in [0.2, 0.25) is 0 Å². The van der Waals surface area contributed by atoms with Crippen molar-refractivity contribution in [3.05, 3.63) is 36.3 Å². The van der Waals surface area contributed by atoms with Gasteiger partial charge in [0.1, 0.15) is 6.04 Å². The highest BCUT2D eigenvalue weighted by Crippen LogP contribution is 2.19. The van der Waals surface area contributed by atoms with Crippen LogP contribution in [0, 0.1) is 11.3 Å². The predicted molar refractivity (Wildman–Crippen MR) is 56.7 cm³/mol. The lowest BCUT2D eigenvalue weighted by Gasteiger charge is -2.07. The van der Waals surface area contributed by atoms with Crippen molar-refractivity contribution in [1.29, 1.82) is 5.26 Å². The first kappa shape index (κ1) is 10.8. The maximum Gasteiger partial charge on any atom is 0.231 e. The summed E-state index contributed by atoms with van der Waals surface area (Å²) in [4.78, 5) is 14.6. The van der Waals surface area contributed by atoms with E-state index >= 15 is 0 Å². The van der Waals surface area contributed by atoms with E-state index in [2.05, 4.69) is 10.3 Å². The SMILES string of the molecule is N#CC(NC=O)c1c[n+](O)cc2cccnc12. The minimum absolute atomic E-state index is 0.442. The molecule has 17 heavy (non-hydrogen) atoms. The summed E-state index contributed by atoms with van der Waals surface area (Å²) in [5, 5.41) is 21.5. The Kier molecular flexibility index (Phi) is 2.83. The molecule has 0 radical (unpaired) electrons. The van der Waals surface area contributed by atoms with E-state index in [1.54, 1.807) is 18.3 Å². The normalized spacial score (nSPS) is 11.7. The first-order valence-corrected chi connectivity index (χ1v) is 4.84. The summed E-state index contributed by atoms with van der Waals surface area (Å²) in [6.07, 6.45) is 4.85. The standard InChI is InChI=1S/C11H8N4O2/c12-4-10(14-7-16)9-6-15(17)5-8-2-1-3-13-11(8)9/h1-3,5-7,10H,(H-,14,16,17)/p+1. The predicted octanol–water partition coefficient (Wildman–Crippen LogP) is 0.0703. The van der Waals surface area contributed by atoms with Crippen LogP contribution in [0.4, 0.5) is 0 Å². The van der Waals surface area contributed by atoms with Gasteiger partial charge in [0.25, 0.3) is 0 Å². The maximum absolute atomic E-state index is 10.4. The van der Waals surface area contributed by atoms with Crippen LogP contribution in [0.15, 0.2) is 30.7 Å². The van der Waals surface area contributed by atoms with Crippen molar-refractivity contribution in [3.8, 4) is 6.07 Å². The molecule has 0 saturated carbocycles. The molecule has 0 aliphatic rings. The van der Waals surface area contributed by atoms with Crippen LogP contribution in [0.5, 0.6) is 0 Å². The van der Waals surface area contributed by atoms with Gasteiger partial charge in [-0.25, -0.2) is 0 Å². The van der Waals surface area contributed by atoms with Crippen LogP contribution in [-0.4, -0.2) is 16.6 Å². The van der Waals surface area contributed by atoms with Gasteiger partial charge >= 0.3 is 0 Å². The Hall–Kier alpha value is -2.68. The Balaban J connectivity index is 2.67. The number of rotatable bonds is 3. The molecule has 6 heteroatoms. The number of carbonyl (C=O) groups excluding carboxylic acids is 1. The smallest absolute Gasteiger partial charge is 0.231 e. The van der Waals surface area contributed by atoms with Crippen LogP contribution in [0.25, 0.3) is 10.9 Å². The number of amides is 1. The minimum Gasteiger partial charge on any atom is -0.339 e. The van der Waals surface area contributed by atoms with Crippen LogP contribution in [0.1, 0.15) is 11.6 Å². The lowest BCUT2D eigenvalue weighted by atomic mass is 10.1. The fourth-order valence-corrected chi connectivity index (χ4v) is 1.62. The number of nitrogens with one attached hydrogen (secondary N) is 1. The molecule has 1 unspecified atom stereocenters. The molecule has 0 aromatic carbocycles. The van der Waals surface area contributed by atoms with E-state index < -0.39 is 6.04 Å². The monoisotopic (exact) mass is 229 g/mol. The number of nitriles is 1. The van der Waals surface area contributed by atoms with Gasteiger partial charge in [-0.05, 0) is 12.1 Å². The quantitative estimate of drug-likeness (QED) is 0.442. The first-order chi connectivity index (χ1) is 8.26. The molecule has 0 bridgehead atoms. The van der Waals surface area contributed by atoms with E-state index in [9.17, 15) is 10.0 Å². The van der Waals surface area contributed by atoms with Gasteiger partial charge in [0.2, 0.25) is 18.8 Å². The molecule has 2 N–H and O–H groups in total. The largest absolute Gasteiger partial charge is 0.339 e. The maximum atomic E-state index is 10.4. The number of carbonyl (C=O) groups is 1. The van der Waals surface area contributed by atoms with Crippen molar-refractivity contribution >= 4 is 17.3 Å². The van der Waals surface area contributed by atoms with Crippen molar-refractivity contribution < 1.29 is 14.7 Å². The van der Waals surface area contributed by atoms with Crippen molar-refractivity contribution in [2.75, 3.05) is 0 Å². The van der Waals surface area contributed by atoms with Gasteiger partial charge in [-0.2, -0.15) is 5.26 Å². The summed E-state index contributed by atoms with van der Waals surface area (Å²) in [5.41, 5.74) is 1.01. The molecule has 0 spiro atoms. The second-order valence-corrected chi connectivity index (χ2v) is 3.38. The van der Waals surface area contributed by atoms with Crippen molar-refractivity contribution in [2.45, 2.75) is 6.04 Å². The second kappa shape index (κ2) is 4.45. The molecular weight excluding hydrogens is 220 g/mol. The van der Waals surface area contributed by atoms with E-state index in [-0.39, 0.29) is 0 Å². The fourth-order valence-electron chi connectivity index (χ4n) is 1.62. The van der Waals surface area contributed by atoms with Gasteiger partial charge in [0, 0.05) is 10.9 Å². The number of pyridine rings is 2. The zero-order valence-electron chi connectivity index (χ0n) is 8.74. The molecule has 1 atom stereocenters. The van der Waals surface area contributed by atoms with Crippen LogP contribution < -0.4 is 10.0 Å². The summed E-state index contributed by atoms with van der Waals surface area (Å²) in [5.74, 6) is 0. The van der Waals surface area contributed by atoms with E-state index in [1.165, 1.54) is 12.4 Å². The lowest BCUT2D eigenvalue weighted by Crippen LogP contribution is -2.31. The Bertz CT molecular complexity index is 606. The molecule has 0 aliphatic heterocycles. The number of hydrogen-bond acceptors (Lipinski definition) is 4. The number of fused-ring (bicyclic) bond motifs is 1. The zero-order valence-corrected chi connectivity index (χ0v) is 8.74. The molecule has 2 heterocycles. The molecule has 1 amide bonds. The number of nitrogens with zero attached hydrogens (tertiary/aromatic N) is 3. The van der Waals surface area contributed by atoms with Crippen molar-refractivity contribution in [3.63, 3.8) is 0 Å². The third-order valence-electron chi connectivity index (χ3n) is 2.33.